The van der Waals surface area contributed by atoms with Gasteiger partial charge < -0.3 is 20.5 Å². The molecule has 30 heavy (non-hydrogen) atoms. The van der Waals surface area contributed by atoms with Crippen molar-refractivity contribution in [2.24, 2.45) is 5.92 Å². The lowest BCUT2D eigenvalue weighted by molar-refractivity contribution is 0.151. The Balaban J connectivity index is 1.53. The summed E-state index contributed by atoms with van der Waals surface area (Å²) in [7, 11) is 0. The first-order valence-electron chi connectivity index (χ1n) is 9.45. The fourth-order valence-electron chi connectivity index (χ4n) is 3.43. The number of ether oxygens (including phenoxy) is 1. The highest BCUT2D eigenvalue weighted by molar-refractivity contribution is 5.72. The molecule has 3 aromatic rings. The van der Waals surface area contributed by atoms with Crippen LogP contribution in [0, 0.1) is 11.7 Å². The molecule has 3 N–H and O–H groups in total. The largest absolute Gasteiger partial charge is 0.477 e. The fourth-order valence-corrected chi connectivity index (χ4v) is 3.43. The van der Waals surface area contributed by atoms with Gasteiger partial charge in [0.15, 0.2) is 0 Å². The Hall–Kier alpha value is -3.75. The molecule has 3 heterocycles. The number of nitrogens with zero attached hydrogens (tertiary/aromatic N) is 4. The third kappa shape index (κ3) is 4.14. The second-order valence-corrected chi connectivity index (χ2v) is 7.07. The van der Waals surface area contributed by atoms with Crippen LogP contribution in [0.2, 0.25) is 0 Å². The van der Waals surface area contributed by atoms with Crippen molar-refractivity contribution in [1.82, 2.24) is 19.9 Å². The first-order valence-corrected chi connectivity index (χ1v) is 9.45. The van der Waals surface area contributed by atoms with Gasteiger partial charge in [-0.1, -0.05) is 6.07 Å². The van der Waals surface area contributed by atoms with E-state index in [1.165, 1.54) is 23.4 Å². The van der Waals surface area contributed by atoms with Gasteiger partial charge in [-0.3, -0.25) is 4.98 Å². The lowest BCUT2D eigenvalue weighted by Crippen LogP contribution is -2.27. The van der Waals surface area contributed by atoms with E-state index in [0.717, 1.165) is 6.42 Å². The number of carboxylic acid groups (broad SMARTS) is 1. The van der Waals surface area contributed by atoms with Crippen LogP contribution in [-0.4, -0.2) is 50.7 Å². The molecule has 0 bridgehead atoms. The minimum absolute atomic E-state index is 0.0964. The molecule has 1 amide bonds. The van der Waals surface area contributed by atoms with E-state index in [-0.39, 0.29) is 11.7 Å². The van der Waals surface area contributed by atoms with Crippen molar-refractivity contribution in [2.75, 3.05) is 25.4 Å². The molecule has 154 valence electrons. The van der Waals surface area contributed by atoms with E-state index in [1.54, 1.807) is 30.5 Å². The number of rotatable bonds is 5. The van der Waals surface area contributed by atoms with Gasteiger partial charge in [0.2, 0.25) is 5.88 Å². The normalized spacial score (nSPS) is 15.9. The molecule has 9 heteroatoms. The summed E-state index contributed by atoms with van der Waals surface area (Å²) < 4.78 is 20.7. The van der Waals surface area contributed by atoms with E-state index in [2.05, 4.69) is 15.0 Å². The molecular weight excluding hydrogens is 389 g/mol. The number of benzene rings is 1. The van der Waals surface area contributed by atoms with Gasteiger partial charge in [-0.05, 0) is 36.2 Å². The summed E-state index contributed by atoms with van der Waals surface area (Å²) in [6.45, 7) is 1.28. The van der Waals surface area contributed by atoms with Crippen molar-refractivity contribution < 1.29 is 19.0 Å². The third-order valence-electron chi connectivity index (χ3n) is 5.01. The van der Waals surface area contributed by atoms with Gasteiger partial charge >= 0.3 is 6.09 Å². The SMILES string of the molecule is Nc1cnc(-c2ccc(-c3cccnc3OCC3CCN(C(=O)O)C3)cc2F)cn1. The minimum atomic E-state index is -0.919. The number of likely N-dealkylation sites (tertiary alicyclic amines) is 1. The number of hydrogen-bond acceptors (Lipinski definition) is 6. The lowest BCUT2D eigenvalue weighted by atomic mass is 10.0. The number of anilines is 1. The predicted octanol–water partition coefficient (Wildman–Crippen LogP) is 3.31. The average Bonchev–Trinajstić information content (AvgIpc) is 3.23. The molecule has 1 saturated heterocycles. The van der Waals surface area contributed by atoms with Gasteiger partial charge in [-0.15, -0.1) is 0 Å². The number of carbonyl (C=O) groups is 1. The summed E-state index contributed by atoms with van der Waals surface area (Å²) in [6, 6.07) is 8.35. The highest BCUT2D eigenvalue weighted by Crippen LogP contribution is 2.32. The van der Waals surface area contributed by atoms with Crippen LogP contribution in [0.25, 0.3) is 22.4 Å². The molecule has 4 rings (SSSR count). The third-order valence-corrected chi connectivity index (χ3v) is 5.01. The molecule has 0 saturated carbocycles. The average molecular weight is 409 g/mol. The van der Waals surface area contributed by atoms with E-state index < -0.39 is 11.9 Å². The van der Waals surface area contributed by atoms with Crippen LogP contribution in [0.5, 0.6) is 5.88 Å². The molecule has 1 aromatic carbocycles. The Kier molecular flexibility index (Phi) is 5.42. The van der Waals surface area contributed by atoms with Crippen LogP contribution in [0.1, 0.15) is 6.42 Å². The molecule has 1 unspecified atom stereocenters. The first kappa shape index (κ1) is 19.6. The molecular formula is C21H20FN5O3. The molecule has 0 spiro atoms. The number of nitrogen functional groups attached to an aromatic ring is 1. The van der Waals surface area contributed by atoms with E-state index >= 15 is 0 Å². The summed E-state index contributed by atoms with van der Waals surface area (Å²) in [5.74, 6) is 0.292. The summed E-state index contributed by atoms with van der Waals surface area (Å²) in [6.07, 6.45) is 4.22. The van der Waals surface area contributed by atoms with Crippen LogP contribution >= 0.6 is 0 Å². The van der Waals surface area contributed by atoms with Crippen molar-refractivity contribution in [3.8, 4) is 28.3 Å². The molecule has 0 aliphatic carbocycles. The summed E-state index contributed by atoms with van der Waals surface area (Å²) >= 11 is 0. The molecule has 1 aliphatic rings. The van der Waals surface area contributed by atoms with E-state index in [4.69, 9.17) is 15.6 Å². The molecule has 0 radical (unpaired) electrons. The Labute approximate surface area is 172 Å². The highest BCUT2D eigenvalue weighted by Gasteiger charge is 2.26. The molecule has 1 aliphatic heterocycles. The van der Waals surface area contributed by atoms with E-state index in [9.17, 15) is 9.18 Å². The maximum absolute atomic E-state index is 14.8. The summed E-state index contributed by atoms with van der Waals surface area (Å²) in [5, 5.41) is 9.08. The zero-order chi connectivity index (χ0) is 21.1. The van der Waals surface area contributed by atoms with Gasteiger partial charge in [0, 0.05) is 36.3 Å². The zero-order valence-electron chi connectivity index (χ0n) is 16.0. The first-order chi connectivity index (χ1) is 14.5. The quantitative estimate of drug-likeness (QED) is 0.664. The Bertz CT molecular complexity index is 1060. The summed E-state index contributed by atoms with van der Waals surface area (Å²) in [4.78, 5) is 24.8. The van der Waals surface area contributed by atoms with Crippen molar-refractivity contribution in [2.45, 2.75) is 6.42 Å². The monoisotopic (exact) mass is 409 g/mol. The molecule has 2 aromatic heterocycles. The van der Waals surface area contributed by atoms with Gasteiger partial charge in [0.1, 0.15) is 11.6 Å². The standard InChI is InChI=1S/C21H20FN5O3/c22-17-8-14(3-4-16(17)18-9-26-19(23)10-25-18)15-2-1-6-24-20(15)30-12-13-5-7-27(11-13)21(28)29/h1-4,6,8-10,13H,5,7,11-12H2,(H2,23,26)(H,28,29). The van der Waals surface area contributed by atoms with Gasteiger partial charge in [0.25, 0.3) is 0 Å². The number of nitrogens with two attached hydrogens (primary N) is 1. The number of pyridine rings is 1. The predicted molar refractivity (Wildman–Crippen MR) is 108 cm³/mol. The van der Waals surface area contributed by atoms with Crippen LogP contribution < -0.4 is 10.5 Å². The summed E-state index contributed by atoms with van der Waals surface area (Å²) in [5.41, 5.74) is 7.51. The van der Waals surface area contributed by atoms with Crippen LogP contribution in [0.15, 0.2) is 48.9 Å². The van der Waals surface area contributed by atoms with Crippen LogP contribution in [0.3, 0.4) is 0 Å². The lowest BCUT2D eigenvalue weighted by Gasteiger charge is -2.15. The number of amides is 1. The topological polar surface area (TPSA) is 114 Å². The zero-order valence-corrected chi connectivity index (χ0v) is 16.0. The maximum atomic E-state index is 14.8. The Morgan fingerprint density at radius 1 is 1.23 bits per heavy atom. The van der Waals surface area contributed by atoms with Crippen molar-refractivity contribution in [1.29, 1.82) is 0 Å². The van der Waals surface area contributed by atoms with Gasteiger partial charge in [-0.2, -0.15) is 0 Å². The minimum Gasteiger partial charge on any atom is -0.477 e. The van der Waals surface area contributed by atoms with Crippen molar-refractivity contribution in [3.05, 3.63) is 54.7 Å². The van der Waals surface area contributed by atoms with Crippen LogP contribution in [0.4, 0.5) is 15.0 Å². The number of aromatic nitrogens is 3. The fraction of sp³-hybridized carbons (Fsp3) is 0.238. The molecule has 1 fully saturated rings. The highest BCUT2D eigenvalue weighted by atomic mass is 19.1. The van der Waals surface area contributed by atoms with E-state index in [0.29, 0.717) is 48.0 Å². The molecule has 8 nitrogen and oxygen atoms in total. The van der Waals surface area contributed by atoms with Crippen molar-refractivity contribution >= 4 is 11.9 Å². The van der Waals surface area contributed by atoms with Gasteiger partial charge in [-0.25, -0.2) is 19.2 Å². The number of hydrogen-bond donors (Lipinski definition) is 2. The Morgan fingerprint density at radius 3 is 2.80 bits per heavy atom. The van der Waals surface area contributed by atoms with Crippen molar-refractivity contribution in [3.63, 3.8) is 0 Å². The van der Waals surface area contributed by atoms with Crippen LogP contribution in [-0.2, 0) is 0 Å². The number of halogens is 1. The van der Waals surface area contributed by atoms with E-state index in [1.807, 2.05) is 0 Å². The second-order valence-electron chi connectivity index (χ2n) is 7.07. The van der Waals surface area contributed by atoms with Gasteiger partial charge in [0.05, 0.1) is 24.7 Å². The second kappa shape index (κ2) is 8.32. The maximum Gasteiger partial charge on any atom is 0.407 e. The smallest absolute Gasteiger partial charge is 0.407 e. The molecule has 1 atom stereocenters. The Morgan fingerprint density at radius 2 is 2.10 bits per heavy atom.